The van der Waals surface area contributed by atoms with Gasteiger partial charge in [-0.2, -0.15) is 0 Å². The maximum atomic E-state index is 14.1. The Morgan fingerprint density at radius 3 is 2.26 bits per heavy atom. The Morgan fingerprint density at radius 1 is 0.871 bits per heavy atom. The molecule has 7 heteroatoms. The Balaban J connectivity index is 1.62. The molecule has 0 atom stereocenters. The van der Waals surface area contributed by atoms with Crippen LogP contribution in [0.15, 0.2) is 72.8 Å². The number of amides is 1. The van der Waals surface area contributed by atoms with E-state index in [9.17, 15) is 18.8 Å². The van der Waals surface area contributed by atoms with Crippen LogP contribution in [0, 0.1) is 5.82 Å². The van der Waals surface area contributed by atoms with Crippen molar-refractivity contribution in [2.75, 3.05) is 11.9 Å². The Labute approximate surface area is 178 Å². The fraction of sp³-hybridized carbons (Fsp3) is 0.125. The minimum atomic E-state index is -1.15. The van der Waals surface area contributed by atoms with Crippen LogP contribution in [0.1, 0.15) is 17.5 Å². The maximum absolute atomic E-state index is 14.1. The zero-order chi connectivity index (χ0) is 22.2. The van der Waals surface area contributed by atoms with Crippen LogP contribution in [0.2, 0.25) is 0 Å². The molecule has 0 aliphatic rings. The predicted octanol–water partition coefficient (Wildman–Crippen LogP) is 4.04. The van der Waals surface area contributed by atoms with E-state index in [0.717, 1.165) is 22.3 Å². The molecule has 0 unspecified atom stereocenters. The molecule has 2 N–H and O–H groups in total. The van der Waals surface area contributed by atoms with E-state index >= 15 is 0 Å². The van der Waals surface area contributed by atoms with Gasteiger partial charge in [0.05, 0.1) is 6.42 Å². The van der Waals surface area contributed by atoms with Crippen LogP contribution in [-0.2, 0) is 25.5 Å². The first-order chi connectivity index (χ1) is 14.9. The summed E-state index contributed by atoms with van der Waals surface area (Å²) in [5.74, 6) is -3.59. The largest absolute Gasteiger partial charge is 0.481 e. The minimum absolute atomic E-state index is 0.318. The molecule has 0 aliphatic carbocycles. The predicted molar refractivity (Wildman–Crippen MR) is 113 cm³/mol. The van der Waals surface area contributed by atoms with E-state index in [4.69, 9.17) is 5.11 Å². The number of anilines is 1. The fourth-order valence-corrected chi connectivity index (χ4v) is 2.97. The molecule has 6 nitrogen and oxygen atoms in total. The lowest BCUT2D eigenvalue weighted by molar-refractivity contribution is -0.153. The third kappa shape index (κ3) is 6.50. The summed E-state index contributed by atoms with van der Waals surface area (Å²) in [6, 6.07) is 21.2. The molecule has 3 aromatic rings. The number of carboxylic acids is 1. The van der Waals surface area contributed by atoms with Crippen LogP contribution in [0.25, 0.3) is 11.1 Å². The third-order valence-electron chi connectivity index (χ3n) is 4.42. The molecule has 0 fully saturated rings. The first-order valence-electron chi connectivity index (χ1n) is 9.54. The highest BCUT2D eigenvalue weighted by atomic mass is 19.1. The number of halogens is 1. The summed E-state index contributed by atoms with van der Waals surface area (Å²) < 4.78 is 18.7. The standard InChI is InChI=1S/C24H20FNO5/c25-20-14-17(13-19(15-20)18-4-2-1-3-5-18)12-16-6-8-21(9-7-16)26-23(29)24(30)31-11-10-22(27)28/h1-9,13-15H,10-12H2,(H,26,29)(H,27,28). The van der Waals surface area contributed by atoms with Gasteiger partial charge in [-0.25, -0.2) is 9.18 Å². The van der Waals surface area contributed by atoms with E-state index in [-0.39, 0.29) is 18.8 Å². The first-order valence-corrected chi connectivity index (χ1v) is 9.54. The molecule has 0 saturated carbocycles. The van der Waals surface area contributed by atoms with E-state index in [0.29, 0.717) is 12.1 Å². The number of carbonyl (C=O) groups excluding carboxylic acids is 2. The lowest BCUT2D eigenvalue weighted by atomic mass is 9.99. The molecule has 0 bridgehead atoms. The van der Waals surface area contributed by atoms with Gasteiger partial charge >= 0.3 is 17.8 Å². The molecule has 0 aliphatic heterocycles. The second-order valence-electron chi connectivity index (χ2n) is 6.82. The van der Waals surface area contributed by atoms with Crippen molar-refractivity contribution >= 4 is 23.5 Å². The van der Waals surface area contributed by atoms with Crippen molar-refractivity contribution in [2.24, 2.45) is 0 Å². The van der Waals surface area contributed by atoms with E-state index in [1.165, 1.54) is 12.1 Å². The van der Waals surface area contributed by atoms with Crippen LogP contribution in [-0.4, -0.2) is 29.6 Å². The van der Waals surface area contributed by atoms with E-state index < -0.39 is 17.8 Å². The van der Waals surface area contributed by atoms with Gasteiger partial charge in [0.15, 0.2) is 0 Å². The Kier molecular flexibility index (Phi) is 7.11. The van der Waals surface area contributed by atoms with Crippen molar-refractivity contribution in [3.05, 3.63) is 89.7 Å². The highest BCUT2D eigenvalue weighted by Gasteiger charge is 2.16. The summed E-state index contributed by atoms with van der Waals surface area (Å²) in [5.41, 5.74) is 3.80. The summed E-state index contributed by atoms with van der Waals surface area (Å²) >= 11 is 0. The van der Waals surface area contributed by atoms with Crippen molar-refractivity contribution in [3.63, 3.8) is 0 Å². The second-order valence-corrected chi connectivity index (χ2v) is 6.82. The SMILES string of the molecule is O=C(O)CCOC(=O)C(=O)Nc1ccc(Cc2cc(F)cc(-c3ccccc3)c2)cc1. The molecule has 31 heavy (non-hydrogen) atoms. The van der Waals surface area contributed by atoms with Crippen LogP contribution in [0.4, 0.5) is 10.1 Å². The number of esters is 1. The van der Waals surface area contributed by atoms with Gasteiger partial charge in [0.2, 0.25) is 0 Å². The van der Waals surface area contributed by atoms with Crippen LogP contribution >= 0.6 is 0 Å². The summed E-state index contributed by atoms with van der Waals surface area (Å²) in [5, 5.41) is 10.9. The number of rotatable bonds is 7. The molecular weight excluding hydrogens is 401 g/mol. The van der Waals surface area contributed by atoms with Crippen LogP contribution < -0.4 is 5.32 Å². The van der Waals surface area contributed by atoms with Gasteiger partial charge in [0.25, 0.3) is 0 Å². The molecule has 158 valence electrons. The summed E-state index contributed by atoms with van der Waals surface area (Å²) in [6.45, 7) is -0.376. The summed E-state index contributed by atoms with van der Waals surface area (Å²) in [6.07, 6.45) is 0.114. The van der Waals surface area contributed by atoms with Crippen molar-refractivity contribution in [1.29, 1.82) is 0 Å². The maximum Gasteiger partial charge on any atom is 0.397 e. The molecule has 0 saturated heterocycles. The van der Waals surface area contributed by atoms with Crippen molar-refractivity contribution < 1.29 is 28.6 Å². The van der Waals surface area contributed by atoms with E-state index in [2.05, 4.69) is 10.1 Å². The lowest BCUT2D eigenvalue weighted by Crippen LogP contribution is -2.25. The molecule has 3 aromatic carbocycles. The summed E-state index contributed by atoms with van der Waals surface area (Å²) in [7, 11) is 0. The Hall–Kier alpha value is -4.00. The van der Waals surface area contributed by atoms with E-state index in [1.54, 1.807) is 24.3 Å². The number of ether oxygens (including phenoxy) is 1. The number of hydrogen-bond donors (Lipinski definition) is 2. The van der Waals surface area contributed by atoms with Gasteiger partial charge in [-0.15, -0.1) is 0 Å². The number of carbonyl (C=O) groups is 3. The number of nitrogens with one attached hydrogen (secondary N) is 1. The van der Waals surface area contributed by atoms with Crippen LogP contribution in [0.5, 0.6) is 0 Å². The molecule has 0 spiro atoms. The molecule has 0 radical (unpaired) electrons. The molecular formula is C24H20FNO5. The van der Waals surface area contributed by atoms with Gasteiger partial charge in [-0.1, -0.05) is 48.5 Å². The Morgan fingerprint density at radius 2 is 1.58 bits per heavy atom. The van der Waals surface area contributed by atoms with E-state index in [1.807, 2.05) is 36.4 Å². The zero-order valence-corrected chi connectivity index (χ0v) is 16.5. The van der Waals surface area contributed by atoms with Crippen molar-refractivity contribution in [3.8, 4) is 11.1 Å². The topological polar surface area (TPSA) is 92.7 Å². The zero-order valence-electron chi connectivity index (χ0n) is 16.5. The minimum Gasteiger partial charge on any atom is -0.481 e. The molecule has 0 aromatic heterocycles. The first kappa shape index (κ1) is 21.7. The van der Waals surface area contributed by atoms with Gasteiger partial charge in [0.1, 0.15) is 12.4 Å². The number of hydrogen-bond acceptors (Lipinski definition) is 4. The quantitative estimate of drug-likeness (QED) is 0.444. The number of aliphatic carboxylic acids is 1. The monoisotopic (exact) mass is 421 g/mol. The highest BCUT2D eigenvalue weighted by molar-refractivity contribution is 6.37. The fourth-order valence-electron chi connectivity index (χ4n) is 2.97. The normalized spacial score (nSPS) is 10.4. The third-order valence-corrected chi connectivity index (χ3v) is 4.42. The molecule has 0 heterocycles. The van der Waals surface area contributed by atoms with Crippen molar-refractivity contribution in [1.82, 2.24) is 0 Å². The number of benzene rings is 3. The van der Waals surface area contributed by atoms with Gasteiger partial charge < -0.3 is 15.2 Å². The van der Waals surface area contributed by atoms with Gasteiger partial charge in [-0.3, -0.25) is 9.59 Å². The summed E-state index contributed by atoms with van der Waals surface area (Å²) in [4.78, 5) is 33.8. The van der Waals surface area contributed by atoms with Gasteiger partial charge in [0, 0.05) is 5.69 Å². The van der Waals surface area contributed by atoms with Crippen molar-refractivity contribution in [2.45, 2.75) is 12.8 Å². The highest BCUT2D eigenvalue weighted by Crippen LogP contribution is 2.23. The van der Waals surface area contributed by atoms with Gasteiger partial charge in [-0.05, 0) is 52.9 Å². The average Bonchev–Trinajstić information content (AvgIpc) is 2.75. The second kappa shape index (κ2) is 10.2. The van der Waals surface area contributed by atoms with Crippen LogP contribution in [0.3, 0.4) is 0 Å². The lowest BCUT2D eigenvalue weighted by Gasteiger charge is -2.09. The smallest absolute Gasteiger partial charge is 0.397 e. The molecule has 3 rings (SSSR count). The average molecular weight is 421 g/mol. The molecule has 1 amide bonds. The Bertz CT molecular complexity index is 1080. The number of carboxylic acid groups (broad SMARTS) is 1.